The van der Waals surface area contributed by atoms with Crippen molar-refractivity contribution < 1.29 is 8.42 Å². The van der Waals surface area contributed by atoms with E-state index in [9.17, 15) is 8.42 Å². The molecule has 2 rings (SSSR count). The van der Waals surface area contributed by atoms with Crippen LogP contribution in [0.4, 0.5) is 0 Å². The summed E-state index contributed by atoms with van der Waals surface area (Å²) in [5.41, 5.74) is 0.629. The molecule has 0 aliphatic carbocycles. The van der Waals surface area contributed by atoms with Gasteiger partial charge in [-0.3, -0.25) is 4.98 Å². The second-order valence-electron chi connectivity index (χ2n) is 3.74. The summed E-state index contributed by atoms with van der Waals surface area (Å²) < 4.78 is 23.8. The molecule has 1 N–H and O–H groups in total. The zero-order chi connectivity index (χ0) is 10.7. The number of nitrogens with zero attached hydrogens (tertiary/aromatic N) is 1. The molecule has 0 aromatic carbocycles. The van der Waals surface area contributed by atoms with Crippen molar-refractivity contribution in [1.29, 1.82) is 0 Å². The van der Waals surface area contributed by atoms with Crippen molar-refractivity contribution in [3.05, 3.63) is 30.1 Å². The van der Waals surface area contributed by atoms with Crippen LogP contribution >= 0.6 is 12.4 Å². The Bertz CT molecular complexity index is 416. The summed E-state index contributed by atoms with van der Waals surface area (Å²) in [6, 6.07) is 5.35. The highest BCUT2D eigenvalue weighted by molar-refractivity contribution is 7.91. The largest absolute Gasteiger partial charge is 0.315 e. The van der Waals surface area contributed by atoms with Crippen molar-refractivity contribution in [1.82, 2.24) is 10.3 Å². The van der Waals surface area contributed by atoms with Crippen LogP contribution in [0.15, 0.2) is 24.4 Å². The molecule has 6 heteroatoms. The summed E-state index contributed by atoms with van der Waals surface area (Å²) in [7, 11) is -3.04. The van der Waals surface area contributed by atoms with Crippen molar-refractivity contribution in [3.8, 4) is 0 Å². The van der Waals surface area contributed by atoms with Crippen LogP contribution in [-0.2, 0) is 15.6 Å². The number of hydrogen-bond acceptors (Lipinski definition) is 4. The first-order chi connectivity index (χ1) is 7.18. The van der Waals surface area contributed by atoms with Gasteiger partial charge in [0.05, 0.1) is 16.7 Å². The number of pyridine rings is 1. The standard InChI is InChI=1S/C10H14N2O2S.ClH/c13-15(14,10-4-6-11-7-10)8-9-3-1-2-5-12-9;/h1-3,5,10-11H,4,6-8H2;1H/t10-;/m0./s1. The Labute approximate surface area is 102 Å². The van der Waals surface area contributed by atoms with E-state index in [2.05, 4.69) is 10.3 Å². The fourth-order valence-corrected chi connectivity index (χ4v) is 3.41. The molecule has 0 bridgehead atoms. The van der Waals surface area contributed by atoms with Gasteiger partial charge in [0.2, 0.25) is 0 Å². The van der Waals surface area contributed by atoms with Crippen LogP contribution in [-0.4, -0.2) is 31.7 Å². The van der Waals surface area contributed by atoms with Crippen LogP contribution in [0.25, 0.3) is 0 Å². The van der Waals surface area contributed by atoms with Gasteiger partial charge in [-0.25, -0.2) is 8.42 Å². The van der Waals surface area contributed by atoms with Gasteiger partial charge in [0.15, 0.2) is 9.84 Å². The third-order valence-corrected chi connectivity index (χ3v) is 4.71. The van der Waals surface area contributed by atoms with Crippen LogP contribution in [0.3, 0.4) is 0 Å². The number of hydrogen-bond donors (Lipinski definition) is 1. The molecule has 1 saturated heterocycles. The molecular formula is C10H15ClN2O2S. The summed E-state index contributed by atoms with van der Waals surface area (Å²) >= 11 is 0. The maximum atomic E-state index is 11.9. The fraction of sp³-hybridized carbons (Fsp3) is 0.500. The van der Waals surface area contributed by atoms with Gasteiger partial charge in [-0.15, -0.1) is 12.4 Å². The topological polar surface area (TPSA) is 59.1 Å². The highest BCUT2D eigenvalue weighted by Gasteiger charge is 2.28. The minimum Gasteiger partial charge on any atom is -0.315 e. The number of halogens is 1. The molecule has 90 valence electrons. The van der Waals surface area contributed by atoms with E-state index in [0.29, 0.717) is 12.2 Å². The molecule has 4 nitrogen and oxygen atoms in total. The van der Waals surface area contributed by atoms with E-state index in [1.807, 2.05) is 6.07 Å². The average molecular weight is 263 g/mol. The first-order valence-corrected chi connectivity index (χ1v) is 6.72. The van der Waals surface area contributed by atoms with Crippen molar-refractivity contribution in [2.75, 3.05) is 13.1 Å². The zero-order valence-corrected chi connectivity index (χ0v) is 10.4. The number of sulfone groups is 1. The second-order valence-corrected chi connectivity index (χ2v) is 6.02. The molecule has 1 atom stereocenters. The van der Waals surface area contributed by atoms with E-state index >= 15 is 0 Å². The van der Waals surface area contributed by atoms with E-state index in [1.54, 1.807) is 18.3 Å². The normalized spacial score (nSPS) is 20.4. The van der Waals surface area contributed by atoms with Gasteiger partial charge in [-0.1, -0.05) is 6.07 Å². The molecule has 16 heavy (non-hydrogen) atoms. The minimum atomic E-state index is -3.04. The Hall–Kier alpha value is -0.650. The quantitative estimate of drug-likeness (QED) is 0.875. The smallest absolute Gasteiger partial charge is 0.160 e. The SMILES string of the molecule is Cl.O=S(=O)(Cc1ccccn1)[C@H]1CCNC1. The van der Waals surface area contributed by atoms with Crippen LogP contribution in [0.5, 0.6) is 0 Å². The lowest BCUT2D eigenvalue weighted by molar-refractivity contribution is 0.581. The van der Waals surface area contributed by atoms with Crippen LogP contribution in [0.1, 0.15) is 12.1 Å². The van der Waals surface area contributed by atoms with E-state index in [0.717, 1.165) is 13.0 Å². The fourth-order valence-electron chi connectivity index (χ4n) is 1.74. The molecule has 0 radical (unpaired) electrons. The second kappa shape index (κ2) is 5.61. The number of nitrogens with one attached hydrogen (secondary N) is 1. The van der Waals surface area contributed by atoms with Crippen LogP contribution in [0, 0.1) is 0 Å². The molecule has 1 fully saturated rings. The first-order valence-electron chi connectivity index (χ1n) is 5.01. The molecule has 1 aliphatic heterocycles. The Kier molecular flexibility index (Phi) is 4.70. The zero-order valence-electron chi connectivity index (χ0n) is 8.80. The summed E-state index contributed by atoms with van der Waals surface area (Å²) in [6.45, 7) is 1.38. The average Bonchev–Trinajstić information content (AvgIpc) is 2.71. The molecule has 0 saturated carbocycles. The highest BCUT2D eigenvalue weighted by Crippen LogP contribution is 2.14. The predicted octanol–water partition coefficient (Wildman–Crippen LogP) is 0.780. The maximum absolute atomic E-state index is 11.9. The van der Waals surface area contributed by atoms with Gasteiger partial charge >= 0.3 is 0 Å². The number of rotatable bonds is 3. The third kappa shape index (κ3) is 3.17. The monoisotopic (exact) mass is 262 g/mol. The minimum absolute atomic E-state index is 0. The van der Waals surface area contributed by atoms with Crippen LogP contribution in [0.2, 0.25) is 0 Å². The van der Waals surface area contributed by atoms with E-state index in [1.165, 1.54) is 0 Å². The molecule has 0 unspecified atom stereocenters. The summed E-state index contributed by atoms with van der Waals surface area (Å²) in [5.74, 6) is 0.0557. The Morgan fingerprint density at radius 3 is 2.81 bits per heavy atom. The summed E-state index contributed by atoms with van der Waals surface area (Å²) in [4.78, 5) is 4.04. The maximum Gasteiger partial charge on any atom is 0.160 e. The predicted molar refractivity (Wildman–Crippen MR) is 65.4 cm³/mol. The molecular weight excluding hydrogens is 248 g/mol. The summed E-state index contributed by atoms with van der Waals surface area (Å²) in [5, 5.41) is 2.83. The molecule has 0 amide bonds. The lowest BCUT2D eigenvalue weighted by Crippen LogP contribution is -2.25. The van der Waals surface area contributed by atoms with Gasteiger partial charge in [-0.2, -0.15) is 0 Å². The summed E-state index contributed by atoms with van der Waals surface area (Å²) in [6.07, 6.45) is 2.34. The van der Waals surface area contributed by atoms with Crippen molar-refractivity contribution >= 4 is 22.2 Å². The Morgan fingerprint density at radius 1 is 1.44 bits per heavy atom. The Balaban J connectivity index is 0.00000128. The Morgan fingerprint density at radius 2 is 2.25 bits per heavy atom. The van der Waals surface area contributed by atoms with Gasteiger partial charge in [0.25, 0.3) is 0 Å². The number of aromatic nitrogens is 1. The van der Waals surface area contributed by atoms with Gasteiger partial charge in [-0.05, 0) is 25.1 Å². The third-order valence-electron chi connectivity index (χ3n) is 2.60. The van der Waals surface area contributed by atoms with Crippen LogP contribution < -0.4 is 5.32 Å². The van der Waals surface area contributed by atoms with Crippen molar-refractivity contribution in [3.63, 3.8) is 0 Å². The lowest BCUT2D eigenvalue weighted by atomic mass is 10.4. The molecule has 1 aromatic rings. The van der Waals surface area contributed by atoms with Crippen molar-refractivity contribution in [2.24, 2.45) is 0 Å². The van der Waals surface area contributed by atoms with E-state index < -0.39 is 9.84 Å². The molecule has 1 aromatic heterocycles. The molecule has 2 heterocycles. The van der Waals surface area contributed by atoms with Gasteiger partial charge in [0, 0.05) is 12.7 Å². The molecule has 1 aliphatic rings. The first kappa shape index (κ1) is 13.4. The van der Waals surface area contributed by atoms with E-state index in [-0.39, 0.29) is 23.4 Å². The molecule has 0 spiro atoms. The van der Waals surface area contributed by atoms with Gasteiger partial charge in [0.1, 0.15) is 0 Å². The van der Waals surface area contributed by atoms with Crippen molar-refractivity contribution in [2.45, 2.75) is 17.4 Å². The van der Waals surface area contributed by atoms with E-state index in [4.69, 9.17) is 0 Å². The lowest BCUT2D eigenvalue weighted by Gasteiger charge is -2.09. The van der Waals surface area contributed by atoms with Gasteiger partial charge < -0.3 is 5.32 Å². The highest BCUT2D eigenvalue weighted by atomic mass is 35.5.